The van der Waals surface area contributed by atoms with Crippen LogP contribution in [-0.2, 0) is 4.74 Å². The monoisotopic (exact) mass is 304 g/mol. The van der Waals surface area contributed by atoms with Crippen LogP contribution in [0.4, 0.5) is 16.2 Å². The molecular formula is C15H17FN4O2. The Morgan fingerprint density at radius 3 is 2.68 bits per heavy atom. The molecule has 0 bridgehead atoms. The first-order chi connectivity index (χ1) is 10.5. The standard InChI is InChI=1S/C15H17FN4O2/c1-9-6-10(11(16)7-13(9)21)12-8-14(17)19-15(18-12)20-2-4-22-5-3-20/h6-8,21H,2-5H2,1H3,(H2,17,18,19). The Bertz CT molecular complexity index is 702. The van der Waals surface area contributed by atoms with E-state index in [0.717, 1.165) is 6.07 Å². The minimum atomic E-state index is -0.547. The molecule has 1 aromatic heterocycles. The van der Waals surface area contributed by atoms with E-state index in [9.17, 15) is 9.50 Å². The maximum absolute atomic E-state index is 14.1. The van der Waals surface area contributed by atoms with E-state index in [1.165, 1.54) is 6.07 Å². The van der Waals surface area contributed by atoms with Crippen LogP contribution in [0.25, 0.3) is 11.3 Å². The van der Waals surface area contributed by atoms with Gasteiger partial charge in [0.05, 0.1) is 18.9 Å². The minimum absolute atomic E-state index is 0.0864. The highest BCUT2D eigenvalue weighted by Gasteiger charge is 2.17. The fourth-order valence-corrected chi connectivity index (χ4v) is 2.36. The molecule has 3 N–H and O–H groups in total. The van der Waals surface area contributed by atoms with Gasteiger partial charge in [-0.05, 0) is 18.6 Å². The molecule has 2 heterocycles. The van der Waals surface area contributed by atoms with Gasteiger partial charge in [-0.3, -0.25) is 0 Å². The number of benzene rings is 1. The molecule has 116 valence electrons. The molecule has 3 rings (SSSR count). The molecule has 7 heteroatoms. The highest BCUT2D eigenvalue weighted by atomic mass is 19.1. The molecule has 6 nitrogen and oxygen atoms in total. The molecule has 0 spiro atoms. The number of nitrogen functional groups attached to an aromatic ring is 1. The summed E-state index contributed by atoms with van der Waals surface area (Å²) in [5.41, 5.74) is 7.10. The Kier molecular flexibility index (Phi) is 3.81. The van der Waals surface area contributed by atoms with Gasteiger partial charge < -0.3 is 20.5 Å². The summed E-state index contributed by atoms with van der Waals surface area (Å²) in [4.78, 5) is 10.6. The Balaban J connectivity index is 2.04. The molecular weight excluding hydrogens is 287 g/mol. The van der Waals surface area contributed by atoms with Crippen LogP contribution in [0.3, 0.4) is 0 Å². The van der Waals surface area contributed by atoms with Gasteiger partial charge in [-0.2, -0.15) is 4.98 Å². The van der Waals surface area contributed by atoms with Gasteiger partial charge >= 0.3 is 0 Å². The van der Waals surface area contributed by atoms with Crippen molar-refractivity contribution in [1.29, 1.82) is 0 Å². The van der Waals surface area contributed by atoms with Crippen LogP contribution >= 0.6 is 0 Å². The predicted molar refractivity (Wildman–Crippen MR) is 81.3 cm³/mol. The molecule has 1 aliphatic rings. The normalized spacial score (nSPS) is 15.1. The zero-order valence-electron chi connectivity index (χ0n) is 12.2. The van der Waals surface area contributed by atoms with Crippen LogP contribution in [0, 0.1) is 12.7 Å². The number of morpholine rings is 1. The first-order valence-electron chi connectivity index (χ1n) is 7.01. The lowest BCUT2D eigenvalue weighted by Gasteiger charge is -2.27. The zero-order chi connectivity index (χ0) is 15.7. The number of rotatable bonds is 2. The molecule has 1 aromatic carbocycles. The van der Waals surface area contributed by atoms with Crippen molar-refractivity contribution in [2.45, 2.75) is 6.92 Å². The summed E-state index contributed by atoms with van der Waals surface area (Å²) in [7, 11) is 0. The van der Waals surface area contributed by atoms with Gasteiger partial charge in [0, 0.05) is 30.8 Å². The van der Waals surface area contributed by atoms with Crippen LogP contribution in [0.1, 0.15) is 5.56 Å². The van der Waals surface area contributed by atoms with Crippen molar-refractivity contribution in [3.8, 4) is 17.0 Å². The Labute approximate surface area is 127 Å². The maximum atomic E-state index is 14.1. The topological polar surface area (TPSA) is 84.5 Å². The fraction of sp³-hybridized carbons (Fsp3) is 0.333. The number of hydrogen-bond donors (Lipinski definition) is 2. The third-order valence-corrected chi connectivity index (χ3v) is 3.59. The maximum Gasteiger partial charge on any atom is 0.228 e. The van der Waals surface area contributed by atoms with Crippen molar-refractivity contribution in [2.75, 3.05) is 36.9 Å². The van der Waals surface area contributed by atoms with Crippen LogP contribution < -0.4 is 10.6 Å². The number of phenols is 1. The zero-order valence-corrected chi connectivity index (χ0v) is 12.2. The molecule has 0 radical (unpaired) electrons. The molecule has 0 saturated carbocycles. The Morgan fingerprint density at radius 2 is 1.95 bits per heavy atom. The Morgan fingerprint density at radius 1 is 1.23 bits per heavy atom. The SMILES string of the molecule is Cc1cc(-c2cc(N)nc(N3CCOCC3)n2)c(F)cc1O. The van der Waals surface area contributed by atoms with Crippen molar-refractivity contribution in [1.82, 2.24) is 9.97 Å². The molecule has 22 heavy (non-hydrogen) atoms. The summed E-state index contributed by atoms with van der Waals surface area (Å²) in [6.07, 6.45) is 0. The summed E-state index contributed by atoms with van der Waals surface area (Å²) in [5, 5.41) is 9.56. The number of anilines is 2. The number of hydrogen-bond acceptors (Lipinski definition) is 6. The van der Waals surface area contributed by atoms with Gasteiger partial charge in [0.1, 0.15) is 17.4 Å². The summed E-state index contributed by atoms with van der Waals surface area (Å²) >= 11 is 0. The van der Waals surface area contributed by atoms with E-state index in [2.05, 4.69) is 9.97 Å². The van der Waals surface area contributed by atoms with E-state index in [4.69, 9.17) is 10.5 Å². The lowest BCUT2D eigenvalue weighted by molar-refractivity contribution is 0.122. The van der Waals surface area contributed by atoms with Gasteiger partial charge in [-0.1, -0.05) is 0 Å². The number of aromatic nitrogens is 2. The first kappa shape index (κ1) is 14.5. The smallest absolute Gasteiger partial charge is 0.228 e. The number of aromatic hydroxyl groups is 1. The highest BCUT2D eigenvalue weighted by molar-refractivity contribution is 5.66. The lowest BCUT2D eigenvalue weighted by atomic mass is 10.1. The second-order valence-corrected chi connectivity index (χ2v) is 5.20. The second-order valence-electron chi connectivity index (χ2n) is 5.20. The van der Waals surface area contributed by atoms with Crippen LogP contribution in [0.5, 0.6) is 5.75 Å². The average Bonchev–Trinajstić information content (AvgIpc) is 2.51. The third kappa shape index (κ3) is 2.80. The molecule has 0 unspecified atom stereocenters. The number of aryl methyl sites for hydroxylation is 1. The number of phenolic OH excluding ortho intramolecular Hbond substituents is 1. The second kappa shape index (κ2) is 5.76. The molecule has 1 aliphatic heterocycles. The van der Waals surface area contributed by atoms with Crippen LogP contribution in [0.2, 0.25) is 0 Å². The van der Waals surface area contributed by atoms with E-state index in [1.807, 2.05) is 4.90 Å². The van der Waals surface area contributed by atoms with E-state index in [1.54, 1.807) is 13.0 Å². The summed E-state index contributed by atoms with van der Waals surface area (Å²) in [6.45, 7) is 4.23. The quantitative estimate of drug-likeness (QED) is 0.879. The average molecular weight is 304 g/mol. The number of nitrogens with zero attached hydrogens (tertiary/aromatic N) is 3. The number of halogens is 1. The van der Waals surface area contributed by atoms with Crippen molar-refractivity contribution in [3.63, 3.8) is 0 Å². The number of ether oxygens (including phenoxy) is 1. The molecule has 0 atom stereocenters. The summed E-state index contributed by atoms with van der Waals surface area (Å²) in [5.74, 6) is 0.103. The largest absolute Gasteiger partial charge is 0.508 e. The van der Waals surface area contributed by atoms with E-state index in [0.29, 0.717) is 49.1 Å². The minimum Gasteiger partial charge on any atom is -0.508 e. The molecule has 0 aliphatic carbocycles. The summed E-state index contributed by atoms with van der Waals surface area (Å²) < 4.78 is 19.4. The molecule has 2 aromatic rings. The van der Waals surface area contributed by atoms with Crippen molar-refractivity contribution in [2.24, 2.45) is 0 Å². The lowest BCUT2D eigenvalue weighted by Crippen LogP contribution is -2.37. The van der Waals surface area contributed by atoms with E-state index >= 15 is 0 Å². The third-order valence-electron chi connectivity index (χ3n) is 3.59. The van der Waals surface area contributed by atoms with Gasteiger partial charge in [0.2, 0.25) is 5.95 Å². The fourth-order valence-electron chi connectivity index (χ4n) is 2.36. The Hall–Kier alpha value is -2.41. The van der Waals surface area contributed by atoms with E-state index < -0.39 is 5.82 Å². The van der Waals surface area contributed by atoms with Gasteiger partial charge in [-0.15, -0.1) is 0 Å². The van der Waals surface area contributed by atoms with Gasteiger partial charge in [0.25, 0.3) is 0 Å². The highest BCUT2D eigenvalue weighted by Crippen LogP contribution is 2.29. The molecule has 1 saturated heterocycles. The summed E-state index contributed by atoms with van der Waals surface area (Å²) in [6, 6.07) is 4.16. The van der Waals surface area contributed by atoms with Crippen LogP contribution in [0.15, 0.2) is 18.2 Å². The van der Waals surface area contributed by atoms with Gasteiger partial charge in [-0.25, -0.2) is 9.37 Å². The predicted octanol–water partition coefficient (Wildman–Crippen LogP) is 1.72. The first-order valence-corrected chi connectivity index (χ1v) is 7.01. The van der Waals surface area contributed by atoms with Crippen molar-refractivity contribution in [3.05, 3.63) is 29.6 Å². The van der Waals surface area contributed by atoms with Gasteiger partial charge in [0.15, 0.2) is 0 Å². The van der Waals surface area contributed by atoms with Crippen molar-refractivity contribution < 1.29 is 14.2 Å². The molecule has 0 amide bonds. The van der Waals surface area contributed by atoms with E-state index in [-0.39, 0.29) is 11.6 Å². The van der Waals surface area contributed by atoms with Crippen molar-refractivity contribution >= 4 is 11.8 Å². The number of nitrogens with two attached hydrogens (primary N) is 1. The molecule has 1 fully saturated rings. The van der Waals surface area contributed by atoms with Crippen LogP contribution in [-0.4, -0.2) is 41.4 Å².